The smallest absolute Gasteiger partial charge is 0.409 e. The fraction of sp³-hybridized carbons (Fsp3) is 0.235. The summed E-state index contributed by atoms with van der Waals surface area (Å²) in [4.78, 5) is 17.8. The number of methoxy groups -OCH3 is 1. The second-order valence-electron chi connectivity index (χ2n) is 5.06. The van der Waals surface area contributed by atoms with Crippen LogP contribution >= 0.6 is 0 Å². The summed E-state index contributed by atoms with van der Waals surface area (Å²) < 4.78 is 10.4. The molecule has 1 aliphatic heterocycles. The molecular formula is C17H17NO5. The number of rotatable bonds is 3. The number of para-hydroxylation sites is 1. The topological polar surface area (TPSA) is 68.2 Å². The van der Waals surface area contributed by atoms with Gasteiger partial charge < -0.3 is 14.6 Å². The van der Waals surface area contributed by atoms with E-state index < -0.39 is 24.5 Å². The molecule has 0 unspecified atom stereocenters. The minimum absolute atomic E-state index is 0.392. The van der Waals surface area contributed by atoms with Crippen LogP contribution in [-0.2, 0) is 9.57 Å². The molecule has 0 bridgehead atoms. The van der Waals surface area contributed by atoms with Crippen LogP contribution in [0.25, 0.3) is 0 Å². The summed E-state index contributed by atoms with van der Waals surface area (Å²) in [7, 11) is 1.40. The number of benzene rings is 2. The highest BCUT2D eigenvalue weighted by atomic mass is 16.8. The van der Waals surface area contributed by atoms with Crippen LogP contribution in [0.5, 0.6) is 5.75 Å². The second kappa shape index (κ2) is 6.78. The van der Waals surface area contributed by atoms with Crippen molar-refractivity contribution in [3.8, 4) is 5.75 Å². The summed E-state index contributed by atoms with van der Waals surface area (Å²) in [5.41, 5.74) is 0.726. The summed E-state index contributed by atoms with van der Waals surface area (Å²) in [5, 5.41) is 11.4. The van der Waals surface area contributed by atoms with Gasteiger partial charge in [0.15, 0.2) is 0 Å². The van der Waals surface area contributed by atoms with E-state index in [-0.39, 0.29) is 0 Å². The monoisotopic (exact) mass is 315 g/mol. The highest BCUT2D eigenvalue weighted by Crippen LogP contribution is 2.35. The Morgan fingerprint density at radius 3 is 2.30 bits per heavy atom. The number of aliphatic hydroxyl groups excluding tert-OH is 1. The predicted molar refractivity (Wildman–Crippen MR) is 81.4 cm³/mol. The summed E-state index contributed by atoms with van der Waals surface area (Å²) in [6.07, 6.45) is -2.68. The number of ether oxygens (including phenoxy) is 2. The number of hydrogen-bond acceptors (Lipinski definition) is 5. The number of hydroxylamine groups is 2. The molecule has 0 radical (unpaired) electrons. The SMILES string of the molecule is CO[C@H]1ON(C(=O)Oc2ccccc2)[C@H](c2ccccc2)[C@H]1O. The number of carbonyl (C=O) groups is 1. The Morgan fingerprint density at radius 2 is 1.70 bits per heavy atom. The van der Waals surface area contributed by atoms with Crippen LogP contribution in [0.3, 0.4) is 0 Å². The van der Waals surface area contributed by atoms with Crippen molar-refractivity contribution in [3.05, 3.63) is 66.2 Å². The van der Waals surface area contributed by atoms with Crippen LogP contribution < -0.4 is 4.74 Å². The van der Waals surface area contributed by atoms with Crippen molar-refractivity contribution in [2.45, 2.75) is 18.4 Å². The molecule has 2 aromatic rings. The summed E-state index contributed by atoms with van der Waals surface area (Å²) in [6.45, 7) is 0. The van der Waals surface area contributed by atoms with Crippen molar-refractivity contribution in [3.63, 3.8) is 0 Å². The molecule has 0 aromatic heterocycles. The minimum Gasteiger partial charge on any atom is -0.409 e. The van der Waals surface area contributed by atoms with Gasteiger partial charge >= 0.3 is 6.09 Å². The van der Waals surface area contributed by atoms with Crippen LogP contribution in [0, 0.1) is 0 Å². The highest BCUT2D eigenvalue weighted by Gasteiger charge is 2.47. The molecule has 23 heavy (non-hydrogen) atoms. The zero-order valence-corrected chi connectivity index (χ0v) is 12.5. The van der Waals surface area contributed by atoms with Crippen molar-refractivity contribution in [1.29, 1.82) is 0 Å². The first-order valence-corrected chi connectivity index (χ1v) is 7.19. The van der Waals surface area contributed by atoms with E-state index in [4.69, 9.17) is 14.3 Å². The van der Waals surface area contributed by atoms with Gasteiger partial charge in [0, 0.05) is 7.11 Å². The molecule has 1 N–H and O–H groups in total. The lowest BCUT2D eigenvalue weighted by molar-refractivity contribution is -0.219. The molecule has 2 aromatic carbocycles. The first kappa shape index (κ1) is 15.5. The molecule has 0 aliphatic carbocycles. The zero-order chi connectivity index (χ0) is 16.2. The average Bonchev–Trinajstić information content (AvgIpc) is 2.93. The minimum atomic E-state index is -1.02. The standard InChI is InChI=1S/C17H17NO5/c1-21-16-15(19)14(12-8-4-2-5-9-12)18(23-16)17(20)22-13-10-6-3-7-11-13/h2-11,14-16,19H,1H3/t14-,15-,16+/m1/s1. The van der Waals surface area contributed by atoms with E-state index in [1.165, 1.54) is 7.11 Å². The number of nitrogens with zero attached hydrogens (tertiary/aromatic N) is 1. The predicted octanol–water partition coefficient (Wildman–Crippen LogP) is 2.51. The van der Waals surface area contributed by atoms with Crippen molar-refractivity contribution < 1.29 is 24.2 Å². The lowest BCUT2D eigenvalue weighted by Gasteiger charge is -2.22. The Labute approximate surface area is 133 Å². The lowest BCUT2D eigenvalue weighted by Crippen LogP contribution is -2.34. The van der Waals surface area contributed by atoms with Crippen LogP contribution in [0.15, 0.2) is 60.7 Å². The van der Waals surface area contributed by atoms with Gasteiger partial charge in [0.1, 0.15) is 17.9 Å². The van der Waals surface area contributed by atoms with Gasteiger partial charge in [-0.3, -0.25) is 0 Å². The normalized spacial score (nSPS) is 23.7. The van der Waals surface area contributed by atoms with Crippen molar-refractivity contribution >= 4 is 6.09 Å². The van der Waals surface area contributed by atoms with Crippen LogP contribution in [0.1, 0.15) is 11.6 Å². The van der Waals surface area contributed by atoms with Gasteiger partial charge in [-0.25, -0.2) is 9.63 Å². The van der Waals surface area contributed by atoms with Crippen LogP contribution in [0.2, 0.25) is 0 Å². The molecule has 0 saturated carbocycles. The quantitative estimate of drug-likeness (QED) is 0.942. The fourth-order valence-electron chi connectivity index (χ4n) is 2.48. The van der Waals surface area contributed by atoms with E-state index in [1.807, 2.05) is 24.3 Å². The maximum Gasteiger partial charge on any atom is 0.440 e. The largest absolute Gasteiger partial charge is 0.440 e. The van der Waals surface area contributed by atoms with E-state index in [2.05, 4.69) is 0 Å². The maximum absolute atomic E-state index is 12.4. The number of aliphatic hydroxyl groups is 1. The molecule has 120 valence electrons. The summed E-state index contributed by atoms with van der Waals surface area (Å²) in [6, 6.07) is 17.1. The molecule has 6 heteroatoms. The van der Waals surface area contributed by atoms with Gasteiger partial charge in [0.25, 0.3) is 0 Å². The third-order valence-electron chi connectivity index (χ3n) is 3.57. The number of carbonyl (C=O) groups excluding carboxylic acids is 1. The number of amides is 1. The third-order valence-corrected chi connectivity index (χ3v) is 3.57. The van der Waals surface area contributed by atoms with Gasteiger partial charge in [-0.15, -0.1) is 0 Å². The van der Waals surface area contributed by atoms with Crippen molar-refractivity contribution in [2.75, 3.05) is 7.11 Å². The molecule has 1 amide bonds. The van der Waals surface area contributed by atoms with E-state index in [1.54, 1.807) is 36.4 Å². The molecule has 3 rings (SSSR count). The Balaban J connectivity index is 1.84. The van der Waals surface area contributed by atoms with Gasteiger partial charge in [-0.05, 0) is 17.7 Å². The Morgan fingerprint density at radius 1 is 1.09 bits per heavy atom. The summed E-state index contributed by atoms with van der Waals surface area (Å²) >= 11 is 0. The van der Waals surface area contributed by atoms with E-state index in [9.17, 15) is 9.90 Å². The Bertz CT molecular complexity index is 649. The molecule has 1 saturated heterocycles. The molecule has 1 heterocycles. The van der Waals surface area contributed by atoms with E-state index >= 15 is 0 Å². The van der Waals surface area contributed by atoms with Crippen molar-refractivity contribution in [2.24, 2.45) is 0 Å². The van der Waals surface area contributed by atoms with Gasteiger partial charge in [-0.2, -0.15) is 5.06 Å². The van der Waals surface area contributed by atoms with Gasteiger partial charge in [0.05, 0.1) is 0 Å². The van der Waals surface area contributed by atoms with E-state index in [0.29, 0.717) is 5.75 Å². The van der Waals surface area contributed by atoms with Gasteiger partial charge in [0.2, 0.25) is 6.29 Å². The third kappa shape index (κ3) is 3.19. The van der Waals surface area contributed by atoms with Crippen LogP contribution in [0.4, 0.5) is 4.79 Å². The van der Waals surface area contributed by atoms with E-state index in [0.717, 1.165) is 10.6 Å². The average molecular weight is 315 g/mol. The first-order valence-electron chi connectivity index (χ1n) is 7.19. The molecule has 1 fully saturated rings. The van der Waals surface area contributed by atoms with Gasteiger partial charge in [-0.1, -0.05) is 48.5 Å². The lowest BCUT2D eigenvalue weighted by atomic mass is 10.0. The second-order valence-corrected chi connectivity index (χ2v) is 5.06. The zero-order valence-electron chi connectivity index (χ0n) is 12.5. The Kier molecular flexibility index (Phi) is 4.57. The fourth-order valence-corrected chi connectivity index (χ4v) is 2.48. The van der Waals surface area contributed by atoms with Crippen LogP contribution in [-0.4, -0.2) is 35.8 Å². The highest BCUT2D eigenvalue weighted by molar-refractivity contribution is 5.70. The molecule has 0 spiro atoms. The molecule has 3 atom stereocenters. The first-order chi connectivity index (χ1) is 11.2. The molecule has 1 aliphatic rings. The number of hydrogen-bond donors (Lipinski definition) is 1. The molecule has 6 nitrogen and oxygen atoms in total. The summed E-state index contributed by atoms with van der Waals surface area (Å²) in [5.74, 6) is 0.392. The maximum atomic E-state index is 12.4. The van der Waals surface area contributed by atoms with Crippen molar-refractivity contribution in [1.82, 2.24) is 5.06 Å². The Hall–Kier alpha value is -2.41. The molecular weight excluding hydrogens is 298 g/mol.